The molecule has 0 atom stereocenters. The zero-order valence-corrected chi connectivity index (χ0v) is 6.69. The molecule has 0 aromatic carbocycles. The SMILES string of the molecule is [CH-]=CCC[CH2-].[Y]. The molecule has 0 heterocycles. The zero-order chi connectivity index (χ0) is 4.12. The Hall–Kier alpha value is 0.844. The number of hydrogen-bond acceptors (Lipinski definition) is 0. The van der Waals surface area contributed by atoms with Crippen molar-refractivity contribution in [1.82, 2.24) is 0 Å². The molecule has 0 aliphatic carbocycles. The average Bonchev–Trinajstić information content (AvgIpc) is 1.41. The van der Waals surface area contributed by atoms with Gasteiger partial charge < -0.3 is 13.5 Å². The molecule has 0 N–H and O–H groups in total. The predicted octanol–water partition coefficient (Wildman–Crippen LogP) is 1.59. The molecule has 0 saturated heterocycles. The first-order chi connectivity index (χ1) is 2.41. The largest absolute Gasteiger partial charge is 0.518 e. The van der Waals surface area contributed by atoms with Crippen LogP contribution in [0.4, 0.5) is 0 Å². The van der Waals surface area contributed by atoms with Crippen molar-refractivity contribution in [2.75, 3.05) is 0 Å². The standard InChI is InChI=1S/C5H8.Y/c1-3-5-4-2;/h1,3H,2,4-5H2;/q-2;. The maximum absolute atomic E-state index is 4.97. The van der Waals surface area contributed by atoms with Gasteiger partial charge in [-0.15, -0.1) is 0 Å². The molecule has 1 heteroatoms. The van der Waals surface area contributed by atoms with Crippen LogP contribution < -0.4 is 0 Å². The summed E-state index contributed by atoms with van der Waals surface area (Å²) in [6, 6.07) is 0. The molecule has 0 bridgehead atoms. The monoisotopic (exact) mass is 157 g/mol. The average molecular weight is 157 g/mol. The van der Waals surface area contributed by atoms with Crippen LogP contribution in [0.3, 0.4) is 0 Å². The molecule has 0 amide bonds. The van der Waals surface area contributed by atoms with E-state index in [4.69, 9.17) is 6.58 Å². The Morgan fingerprint density at radius 3 is 2.17 bits per heavy atom. The van der Waals surface area contributed by atoms with Gasteiger partial charge in [-0.05, 0) is 0 Å². The Morgan fingerprint density at radius 1 is 1.67 bits per heavy atom. The Morgan fingerprint density at radius 2 is 2.17 bits per heavy atom. The maximum Gasteiger partial charge on any atom is 0 e. The van der Waals surface area contributed by atoms with E-state index in [1.165, 1.54) is 0 Å². The van der Waals surface area contributed by atoms with E-state index in [1.807, 2.05) is 0 Å². The summed E-state index contributed by atoms with van der Waals surface area (Å²) in [4.78, 5) is 0. The topological polar surface area (TPSA) is 0 Å². The summed E-state index contributed by atoms with van der Waals surface area (Å²) in [6.07, 6.45) is 3.46. The van der Waals surface area contributed by atoms with E-state index in [1.54, 1.807) is 6.08 Å². The minimum Gasteiger partial charge on any atom is -0.518 e. The quantitative estimate of drug-likeness (QED) is 0.534. The van der Waals surface area contributed by atoms with Crippen LogP contribution >= 0.6 is 0 Å². The second-order valence-electron chi connectivity index (χ2n) is 0.878. The van der Waals surface area contributed by atoms with Gasteiger partial charge in [-0.25, -0.2) is 0 Å². The van der Waals surface area contributed by atoms with Gasteiger partial charge in [-0.3, -0.25) is 6.08 Å². The van der Waals surface area contributed by atoms with Gasteiger partial charge >= 0.3 is 0 Å². The minimum absolute atomic E-state index is 0. The van der Waals surface area contributed by atoms with E-state index in [9.17, 15) is 0 Å². The Balaban J connectivity index is 0. The molecule has 0 rings (SSSR count). The number of unbranched alkanes of at least 4 members (excludes halogenated alkanes) is 1. The summed E-state index contributed by atoms with van der Waals surface area (Å²) < 4.78 is 0. The van der Waals surface area contributed by atoms with E-state index in [2.05, 4.69) is 6.92 Å². The zero-order valence-electron chi connectivity index (χ0n) is 3.85. The second kappa shape index (κ2) is 9.28. The van der Waals surface area contributed by atoms with Gasteiger partial charge in [0.25, 0.3) is 0 Å². The van der Waals surface area contributed by atoms with Gasteiger partial charge in [-0.1, -0.05) is 6.42 Å². The minimum atomic E-state index is 0. The molecule has 0 spiro atoms. The Kier molecular flexibility index (Phi) is 15.4. The molecular formula is C5H8Y-2. The fourth-order valence-electron chi connectivity index (χ4n) is 0.118. The summed E-state index contributed by atoms with van der Waals surface area (Å²) in [5.41, 5.74) is 0. The van der Waals surface area contributed by atoms with Crippen LogP contribution in [-0.4, -0.2) is 0 Å². The summed E-state index contributed by atoms with van der Waals surface area (Å²) in [7, 11) is 0. The van der Waals surface area contributed by atoms with Crippen molar-refractivity contribution in [3.63, 3.8) is 0 Å². The molecule has 0 nitrogen and oxygen atoms in total. The molecule has 0 aliphatic rings. The third kappa shape index (κ3) is 8.85. The fourth-order valence-corrected chi connectivity index (χ4v) is 0.118. The van der Waals surface area contributed by atoms with Crippen molar-refractivity contribution in [2.45, 2.75) is 12.8 Å². The molecule has 6 heavy (non-hydrogen) atoms. The van der Waals surface area contributed by atoms with Gasteiger partial charge in [0.05, 0.1) is 0 Å². The Bertz CT molecular complexity index is 25.1. The number of hydrogen-bond donors (Lipinski definition) is 0. The summed E-state index contributed by atoms with van der Waals surface area (Å²) in [5, 5.41) is 0. The number of allylic oxidation sites excluding steroid dienone is 1. The van der Waals surface area contributed by atoms with Gasteiger partial charge in [0.1, 0.15) is 0 Å². The van der Waals surface area contributed by atoms with E-state index >= 15 is 0 Å². The van der Waals surface area contributed by atoms with Gasteiger partial charge in [0.15, 0.2) is 0 Å². The van der Waals surface area contributed by atoms with Crippen molar-refractivity contribution in [1.29, 1.82) is 0 Å². The smallest absolute Gasteiger partial charge is 0 e. The molecule has 0 aliphatic heterocycles. The second-order valence-corrected chi connectivity index (χ2v) is 0.878. The number of rotatable bonds is 2. The van der Waals surface area contributed by atoms with Crippen molar-refractivity contribution in [2.24, 2.45) is 0 Å². The predicted molar refractivity (Wildman–Crippen MR) is 23.5 cm³/mol. The van der Waals surface area contributed by atoms with Crippen molar-refractivity contribution >= 4 is 0 Å². The molecule has 1 radical (unpaired) electrons. The molecule has 0 unspecified atom stereocenters. The van der Waals surface area contributed by atoms with Crippen molar-refractivity contribution in [3.8, 4) is 0 Å². The third-order valence-electron chi connectivity index (χ3n) is 0.371. The van der Waals surface area contributed by atoms with Crippen LogP contribution in [-0.2, 0) is 32.7 Å². The molecule has 33 valence electrons. The van der Waals surface area contributed by atoms with Crippen LogP contribution in [0.15, 0.2) is 6.08 Å². The van der Waals surface area contributed by atoms with Crippen molar-refractivity contribution < 1.29 is 32.7 Å². The third-order valence-corrected chi connectivity index (χ3v) is 0.371. The molecule has 0 fully saturated rings. The van der Waals surface area contributed by atoms with Crippen LogP contribution in [0, 0.1) is 13.5 Å². The summed E-state index contributed by atoms with van der Waals surface area (Å²) in [6.45, 7) is 8.54. The molecule has 0 saturated carbocycles. The normalized spacial score (nSPS) is 6.17. The van der Waals surface area contributed by atoms with E-state index in [0.29, 0.717) is 0 Å². The first-order valence-electron chi connectivity index (χ1n) is 1.74. The first kappa shape index (κ1) is 9.96. The van der Waals surface area contributed by atoms with Crippen LogP contribution in [0.5, 0.6) is 0 Å². The molecule has 0 aromatic rings. The first-order valence-corrected chi connectivity index (χ1v) is 1.74. The summed E-state index contributed by atoms with van der Waals surface area (Å²) in [5.74, 6) is 0. The van der Waals surface area contributed by atoms with E-state index in [-0.39, 0.29) is 32.7 Å². The molecule has 0 aromatic heterocycles. The fraction of sp³-hybridized carbons (Fsp3) is 0.400. The van der Waals surface area contributed by atoms with E-state index < -0.39 is 0 Å². The van der Waals surface area contributed by atoms with Crippen LogP contribution in [0.1, 0.15) is 12.8 Å². The van der Waals surface area contributed by atoms with Gasteiger partial charge in [0, 0.05) is 32.7 Å². The van der Waals surface area contributed by atoms with Crippen LogP contribution in [0.25, 0.3) is 0 Å². The van der Waals surface area contributed by atoms with Gasteiger partial charge in [0.2, 0.25) is 0 Å². The maximum atomic E-state index is 4.97. The van der Waals surface area contributed by atoms with E-state index in [0.717, 1.165) is 12.8 Å². The van der Waals surface area contributed by atoms with Crippen LogP contribution in [0.2, 0.25) is 0 Å². The molecular weight excluding hydrogens is 149 g/mol. The van der Waals surface area contributed by atoms with Gasteiger partial charge in [-0.2, -0.15) is 6.42 Å². The Labute approximate surface area is 64.9 Å². The van der Waals surface area contributed by atoms with Crippen molar-refractivity contribution in [3.05, 3.63) is 19.6 Å². The summed E-state index contributed by atoms with van der Waals surface area (Å²) >= 11 is 0.